The summed E-state index contributed by atoms with van der Waals surface area (Å²) in [5.41, 5.74) is 12.1. The minimum atomic E-state index is -0.409. The molecule has 0 fully saturated rings. The molecule has 0 aromatic heterocycles. The monoisotopic (exact) mass is 201 g/mol. The Morgan fingerprint density at radius 3 is 2.87 bits per heavy atom. The van der Waals surface area contributed by atoms with Crippen LogP contribution in [0.3, 0.4) is 0 Å². The van der Waals surface area contributed by atoms with Gasteiger partial charge >= 0.3 is 0 Å². The molecule has 0 aliphatic rings. The number of carbonyl (C=O) groups excluding carboxylic acids is 1. The fourth-order valence-corrected chi connectivity index (χ4v) is 1.16. The standard InChI is InChI=1S/C11H11N3O/c12-7-9-8(3-1-5-10(9)13)4-2-6-11(14)15/h1-5H,6,13H2,(H2,14,15). The Balaban J connectivity index is 2.96. The minimum absolute atomic E-state index is 0.152. The van der Waals surface area contributed by atoms with Gasteiger partial charge < -0.3 is 11.5 Å². The maximum absolute atomic E-state index is 10.5. The van der Waals surface area contributed by atoms with Crippen molar-refractivity contribution in [3.05, 3.63) is 35.4 Å². The highest BCUT2D eigenvalue weighted by atomic mass is 16.1. The fraction of sp³-hybridized carbons (Fsp3) is 0.0909. The van der Waals surface area contributed by atoms with Crippen LogP contribution in [0.5, 0.6) is 0 Å². The average Bonchev–Trinajstić information content (AvgIpc) is 2.17. The first kappa shape index (κ1) is 10.8. The summed E-state index contributed by atoms with van der Waals surface area (Å²) in [6.07, 6.45) is 3.43. The van der Waals surface area contributed by atoms with Crippen molar-refractivity contribution in [2.24, 2.45) is 5.73 Å². The van der Waals surface area contributed by atoms with Gasteiger partial charge in [-0.2, -0.15) is 5.26 Å². The molecular formula is C11H11N3O. The lowest BCUT2D eigenvalue weighted by Gasteiger charge is -2.00. The number of benzene rings is 1. The summed E-state index contributed by atoms with van der Waals surface area (Å²) in [4.78, 5) is 10.5. The molecule has 1 rings (SSSR count). The van der Waals surface area contributed by atoms with E-state index in [0.717, 1.165) is 0 Å². The summed E-state index contributed by atoms with van der Waals surface area (Å²) in [7, 11) is 0. The molecule has 0 saturated carbocycles. The molecule has 0 bridgehead atoms. The van der Waals surface area contributed by atoms with Gasteiger partial charge in [-0.05, 0) is 11.6 Å². The zero-order valence-corrected chi connectivity index (χ0v) is 8.10. The quantitative estimate of drug-likeness (QED) is 0.715. The van der Waals surface area contributed by atoms with Gasteiger partial charge in [-0.1, -0.05) is 24.3 Å². The number of carbonyl (C=O) groups is 1. The summed E-state index contributed by atoms with van der Waals surface area (Å²) < 4.78 is 0. The Morgan fingerprint density at radius 1 is 1.53 bits per heavy atom. The summed E-state index contributed by atoms with van der Waals surface area (Å²) in [6, 6.07) is 7.17. The van der Waals surface area contributed by atoms with Crippen LogP contribution in [-0.2, 0) is 4.79 Å². The number of anilines is 1. The normalized spacial score (nSPS) is 10.1. The van der Waals surface area contributed by atoms with Gasteiger partial charge in [0.25, 0.3) is 0 Å². The average molecular weight is 201 g/mol. The molecule has 0 atom stereocenters. The molecule has 76 valence electrons. The smallest absolute Gasteiger partial charge is 0.221 e. The Bertz CT molecular complexity index is 444. The Morgan fingerprint density at radius 2 is 2.27 bits per heavy atom. The van der Waals surface area contributed by atoms with E-state index in [1.165, 1.54) is 0 Å². The number of nitrogens with two attached hydrogens (primary N) is 2. The number of primary amides is 1. The SMILES string of the molecule is N#Cc1c(N)cccc1C=CCC(N)=O. The third-order valence-electron chi connectivity index (χ3n) is 1.86. The molecular weight excluding hydrogens is 190 g/mol. The summed E-state index contributed by atoms with van der Waals surface area (Å²) in [5.74, 6) is -0.409. The van der Waals surface area contributed by atoms with Crippen molar-refractivity contribution in [1.29, 1.82) is 5.26 Å². The second kappa shape index (κ2) is 4.82. The van der Waals surface area contributed by atoms with Gasteiger partial charge in [-0.15, -0.1) is 0 Å². The van der Waals surface area contributed by atoms with Crippen LogP contribution in [-0.4, -0.2) is 5.91 Å². The van der Waals surface area contributed by atoms with Crippen LogP contribution in [0.2, 0.25) is 0 Å². The van der Waals surface area contributed by atoms with E-state index in [1.54, 1.807) is 30.4 Å². The minimum Gasteiger partial charge on any atom is -0.398 e. The maximum atomic E-state index is 10.5. The molecule has 0 spiro atoms. The van der Waals surface area contributed by atoms with E-state index in [1.807, 2.05) is 6.07 Å². The lowest BCUT2D eigenvalue weighted by atomic mass is 10.1. The third-order valence-corrected chi connectivity index (χ3v) is 1.86. The molecule has 0 aliphatic carbocycles. The number of hydrogen-bond donors (Lipinski definition) is 2. The first-order chi connectivity index (χ1) is 7.15. The second-order valence-corrected chi connectivity index (χ2v) is 3.00. The fourth-order valence-electron chi connectivity index (χ4n) is 1.16. The van der Waals surface area contributed by atoms with Gasteiger partial charge in [0, 0.05) is 6.42 Å². The van der Waals surface area contributed by atoms with Gasteiger partial charge in [-0.3, -0.25) is 4.79 Å². The van der Waals surface area contributed by atoms with Gasteiger partial charge in [0.1, 0.15) is 6.07 Å². The molecule has 15 heavy (non-hydrogen) atoms. The highest BCUT2D eigenvalue weighted by Crippen LogP contribution is 2.17. The first-order valence-corrected chi connectivity index (χ1v) is 4.38. The van der Waals surface area contributed by atoms with Crippen LogP contribution < -0.4 is 11.5 Å². The van der Waals surface area contributed by atoms with E-state index in [9.17, 15) is 4.79 Å². The second-order valence-electron chi connectivity index (χ2n) is 3.00. The Kier molecular flexibility index (Phi) is 3.47. The van der Waals surface area contributed by atoms with Crippen LogP contribution in [0, 0.1) is 11.3 Å². The van der Waals surface area contributed by atoms with Crippen molar-refractivity contribution in [3.63, 3.8) is 0 Å². The summed E-state index contributed by atoms with van der Waals surface area (Å²) in [6.45, 7) is 0. The molecule has 4 heteroatoms. The zero-order chi connectivity index (χ0) is 11.3. The number of nitrogens with zero attached hydrogens (tertiary/aromatic N) is 1. The largest absolute Gasteiger partial charge is 0.398 e. The third kappa shape index (κ3) is 2.85. The molecule has 1 aromatic rings. The van der Waals surface area contributed by atoms with Crippen LogP contribution in [0.25, 0.3) is 6.08 Å². The van der Waals surface area contributed by atoms with Crippen LogP contribution >= 0.6 is 0 Å². The number of rotatable bonds is 3. The molecule has 0 saturated heterocycles. The van der Waals surface area contributed by atoms with Gasteiger partial charge in [-0.25, -0.2) is 0 Å². The van der Waals surface area contributed by atoms with E-state index in [-0.39, 0.29) is 6.42 Å². The zero-order valence-electron chi connectivity index (χ0n) is 8.10. The van der Waals surface area contributed by atoms with Crippen molar-refractivity contribution in [1.82, 2.24) is 0 Å². The van der Waals surface area contributed by atoms with Gasteiger partial charge in [0.15, 0.2) is 0 Å². The molecule has 0 unspecified atom stereocenters. The number of hydrogen-bond acceptors (Lipinski definition) is 3. The molecule has 0 heterocycles. The lowest BCUT2D eigenvalue weighted by molar-refractivity contribution is -0.117. The lowest BCUT2D eigenvalue weighted by Crippen LogP contribution is -2.07. The topological polar surface area (TPSA) is 92.9 Å². The van der Waals surface area contributed by atoms with Crippen molar-refractivity contribution in [3.8, 4) is 6.07 Å². The molecule has 1 amide bonds. The summed E-state index contributed by atoms with van der Waals surface area (Å²) >= 11 is 0. The summed E-state index contributed by atoms with van der Waals surface area (Å²) in [5, 5.41) is 8.85. The van der Waals surface area contributed by atoms with Crippen molar-refractivity contribution >= 4 is 17.7 Å². The van der Waals surface area contributed by atoms with E-state index < -0.39 is 5.91 Å². The molecule has 0 radical (unpaired) electrons. The van der Waals surface area contributed by atoms with Crippen LogP contribution in [0.1, 0.15) is 17.5 Å². The molecule has 0 aliphatic heterocycles. The van der Waals surface area contributed by atoms with E-state index in [2.05, 4.69) is 0 Å². The Hall–Kier alpha value is -2.28. The predicted molar refractivity (Wildman–Crippen MR) is 58.4 cm³/mol. The van der Waals surface area contributed by atoms with Crippen LogP contribution in [0.15, 0.2) is 24.3 Å². The Labute approximate surface area is 87.8 Å². The number of amides is 1. The number of nitriles is 1. The highest BCUT2D eigenvalue weighted by molar-refractivity contribution is 5.77. The van der Waals surface area contributed by atoms with E-state index in [0.29, 0.717) is 16.8 Å². The van der Waals surface area contributed by atoms with E-state index in [4.69, 9.17) is 16.7 Å². The highest BCUT2D eigenvalue weighted by Gasteiger charge is 2.01. The maximum Gasteiger partial charge on any atom is 0.221 e. The van der Waals surface area contributed by atoms with Crippen molar-refractivity contribution < 1.29 is 4.79 Å². The van der Waals surface area contributed by atoms with Crippen molar-refractivity contribution in [2.45, 2.75) is 6.42 Å². The van der Waals surface area contributed by atoms with E-state index >= 15 is 0 Å². The van der Waals surface area contributed by atoms with Crippen LogP contribution in [0.4, 0.5) is 5.69 Å². The van der Waals surface area contributed by atoms with Gasteiger partial charge in [0.05, 0.1) is 11.3 Å². The molecule has 1 aromatic carbocycles. The number of nitrogen functional groups attached to an aromatic ring is 1. The first-order valence-electron chi connectivity index (χ1n) is 4.38. The molecule has 4 N–H and O–H groups in total. The predicted octanol–water partition coefficient (Wildman–Crippen LogP) is 1.03. The molecule has 4 nitrogen and oxygen atoms in total. The van der Waals surface area contributed by atoms with Crippen molar-refractivity contribution in [2.75, 3.05) is 5.73 Å². The van der Waals surface area contributed by atoms with Gasteiger partial charge in [0.2, 0.25) is 5.91 Å².